The van der Waals surface area contributed by atoms with Gasteiger partial charge in [0.15, 0.2) is 5.69 Å². The summed E-state index contributed by atoms with van der Waals surface area (Å²) in [4.78, 5) is 0. The van der Waals surface area contributed by atoms with Gasteiger partial charge in [-0.05, 0) is 13.8 Å². The molecule has 1 aromatic heterocycles. The average Bonchev–Trinajstić information content (AvgIpc) is 2.77. The second-order valence-corrected chi connectivity index (χ2v) is 5.81. The summed E-state index contributed by atoms with van der Waals surface area (Å²) in [7, 11) is 0. The highest BCUT2D eigenvalue weighted by atomic mass is 35.5. The lowest BCUT2D eigenvalue weighted by Crippen LogP contribution is -2.17. The van der Waals surface area contributed by atoms with E-state index in [4.69, 9.17) is 28.5 Å². The number of halogens is 5. The largest absolute Gasteiger partial charge is 0.573 e. The molecule has 9 heteroatoms. The number of aromatic nitrogens is 2. The Bertz CT molecular complexity index is 824. The number of alkyl halides is 3. The molecule has 0 atom stereocenters. The lowest BCUT2D eigenvalue weighted by molar-refractivity contribution is -0.274. The van der Waals surface area contributed by atoms with Gasteiger partial charge in [0.05, 0.1) is 10.0 Å². The summed E-state index contributed by atoms with van der Waals surface area (Å²) in [5.74, 6) is -0.543. The average molecular weight is 376 g/mol. The minimum absolute atomic E-state index is 0.0995. The first-order valence-electron chi connectivity index (χ1n) is 6.50. The molecule has 0 aliphatic rings. The Morgan fingerprint density at radius 1 is 1.29 bits per heavy atom. The van der Waals surface area contributed by atoms with Gasteiger partial charge in [0.25, 0.3) is 0 Å². The monoisotopic (exact) mass is 375 g/mol. The number of benzene rings is 1. The molecule has 0 bridgehead atoms. The van der Waals surface area contributed by atoms with Crippen LogP contribution in [0.5, 0.6) is 5.75 Å². The Kier molecular flexibility index (Phi) is 5.11. The van der Waals surface area contributed by atoms with Gasteiger partial charge >= 0.3 is 6.36 Å². The normalized spacial score (nSPS) is 11.1. The molecule has 0 unspecified atom stereocenters. The standard InChI is InChI=1S/C15H10Cl2F3N3O/c1-8(2)3-9-7-23(22-13(9)6-21)14-11(16)4-10(5-12(14)17)24-15(18,19)20/h3-5,7H,1-2H3. The lowest BCUT2D eigenvalue weighted by Gasteiger charge is -2.12. The molecule has 2 rings (SSSR count). The van der Waals surface area contributed by atoms with Crippen LogP contribution < -0.4 is 4.74 Å². The smallest absolute Gasteiger partial charge is 0.406 e. The van der Waals surface area contributed by atoms with Gasteiger partial charge in [0, 0.05) is 23.9 Å². The second-order valence-electron chi connectivity index (χ2n) is 4.99. The minimum atomic E-state index is -4.86. The summed E-state index contributed by atoms with van der Waals surface area (Å²) in [6, 6.07) is 3.89. The number of allylic oxidation sites excluding steroid dienone is 1. The van der Waals surface area contributed by atoms with Crippen molar-refractivity contribution in [3.05, 3.63) is 45.2 Å². The molecule has 126 valence electrons. The maximum Gasteiger partial charge on any atom is 0.573 e. The molecule has 4 nitrogen and oxygen atoms in total. The molecule has 0 N–H and O–H groups in total. The van der Waals surface area contributed by atoms with E-state index in [1.54, 1.807) is 6.08 Å². The fraction of sp³-hybridized carbons (Fsp3) is 0.200. The van der Waals surface area contributed by atoms with Crippen molar-refractivity contribution in [3.8, 4) is 17.5 Å². The SMILES string of the molecule is CC(C)=Cc1cn(-c2c(Cl)cc(OC(F)(F)F)cc2Cl)nc1C#N. The number of ether oxygens (including phenoxy) is 1. The van der Waals surface area contributed by atoms with Crippen LogP contribution in [0.1, 0.15) is 25.1 Å². The molecule has 0 aliphatic carbocycles. The molecule has 0 saturated carbocycles. The predicted octanol–water partition coefficient (Wildman–Crippen LogP) is 5.37. The van der Waals surface area contributed by atoms with Crippen molar-refractivity contribution in [2.45, 2.75) is 20.2 Å². The zero-order chi connectivity index (χ0) is 18.1. The van der Waals surface area contributed by atoms with Gasteiger partial charge in [0.2, 0.25) is 0 Å². The van der Waals surface area contributed by atoms with Crippen molar-refractivity contribution in [1.29, 1.82) is 5.26 Å². The van der Waals surface area contributed by atoms with Gasteiger partial charge in [-0.2, -0.15) is 10.4 Å². The summed E-state index contributed by atoms with van der Waals surface area (Å²) in [6.45, 7) is 3.70. The maximum atomic E-state index is 12.3. The lowest BCUT2D eigenvalue weighted by atomic mass is 10.2. The van der Waals surface area contributed by atoms with Gasteiger partial charge in [-0.25, -0.2) is 4.68 Å². The van der Waals surface area contributed by atoms with Crippen LogP contribution in [0.15, 0.2) is 23.9 Å². The van der Waals surface area contributed by atoms with Crippen LogP contribution >= 0.6 is 23.2 Å². The van der Waals surface area contributed by atoms with Crippen LogP contribution in [0.4, 0.5) is 13.2 Å². The third kappa shape index (κ3) is 4.22. The summed E-state index contributed by atoms with van der Waals surface area (Å²) < 4.78 is 41.9. The summed E-state index contributed by atoms with van der Waals surface area (Å²) >= 11 is 12.0. The maximum absolute atomic E-state index is 12.3. The van der Waals surface area contributed by atoms with Crippen LogP contribution in [-0.4, -0.2) is 16.1 Å². The van der Waals surface area contributed by atoms with Crippen LogP contribution in [0.25, 0.3) is 11.8 Å². The highest BCUT2D eigenvalue weighted by molar-refractivity contribution is 6.38. The molecule has 0 radical (unpaired) electrons. The molecular formula is C15H10Cl2F3N3O. The molecule has 0 amide bonds. The third-order valence-electron chi connectivity index (χ3n) is 2.75. The molecule has 0 fully saturated rings. The van der Waals surface area contributed by atoms with E-state index in [9.17, 15) is 13.2 Å². The van der Waals surface area contributed by atoms with E-state index < -0.39 is 12.1 Å². The Labute approximate surface area is 145 Å². The first-order chi connectivity index (χ1) is 11.1. The van der Waals surface area contributed by atoms with E-state index in [2.05, 4.69) is 9.84 Å². The van der Waals surface area contributed by atoms with E-state index in [1.807, 2.05) is 19.9 Å². The quantitative estimate of drug-likeness (QED) is 0.724. The third-order valence-corrected chi connectivity index (χ3v) is 3.32. The fourth-order valence-corrected chi connectivity index (χ4v) is 2.60. The summed E-state index contributed by atoms with van der Waals surface area (Å²) in [6.07, 6.45) is -1.60. The summed E-state index contributed by atoms with van der Waals surface area (Å²) in [5, 5.41) is 13.0. The topological polar surface area (TPSA) is 50.8 Å². The van der Waals surface area contributed by atoms with Crippen molar-refractivity contribution in [2.24, 2.45) is 0 Å². The summed E-state index contributed by atoms with van der Waals surface area (Å²) in [5.41, 5.74) is 1.77. The number of nitriles is 1. The zero-order valence-electron chi connectivity index (χ0n) is 12.4. The van der Waals surface area contributed by atoms with Gasteiger partial charge in [-0.15, -0.1) is 13.2 Å². The predicted molar refractivity (Wildman–Crippen MR) is 84.3 cm³/mol. The molecule has 1 heterocycles. The Morgan fingerprint density at radius 2 is 1.88 bits per heavy atom. The highest BCUT2D eigenvalue weighted by Crippen LogP contribution is 2.35. The second kappa shape index (κ2) is 6.75. The van der Waals surface area contributed by atoms with Crippen molar-refractivity contribution in [2.75, 3.05) is 0 Å². The molecule has 24 heavy (non-hydrogen) atoms. The van der Waals surface area contributed by atoms with Gasteiger partial charge in [-0.1, -0.05) is 34.9 Å². The molecule has 0 spiro atoms. The van der Waals surface area contributed by atoms with Gasteiger partial charge in [-0.3, -0.25) is 0 Å². The Hall–Kier alpha value is -2.17. The van der Waals surface area contributed by atoms with E-state index in [0.29, 0.717) is 5.56 Å². The van der Waals surface area contributed by atoms with E-state index >= 15 is 0 Å². The zero-order valence-corrected chi connectivity index (χ0v) is 14.0. The molecule has 0 saturated heterocycles. The Balaban J connectivity index is 2.52. The van der Waals surface area contributed by atoms with Crippen LogP contribution in [0.3, 0.4) is 0 Å². The molecule has 1 aromatic carbocycles. The first-order valence-corrected chi connectivity index (χ1v) is 7.26. The van der Waals surface area contributed by atoms with Gasteiger partial charge < -0.3 is 4.74 Å². The van der Waals surface area contributed by atoms with E-state index in [1.165, 1.54) is 10.9 Å². The van der Waals surface area contributed by atoms with E-state index in [-0.39, 0.29) is 21.4 Å². The van der Waals surface area contributed by atoms with Crippen molar-refractivity contribution in [3.63, 3.8) is 0 Å². The first kappa shape index (κ1) is 18.2. The number of hydrogen-bond donors (Lipinski definition) is 0. The van der Waals surface area contributed by atoms with Crippen LogP contribution in [-0.2, 0) is 0 Å². The number of hydrogen-bond acceptors (Lipinski definition) is 3. The van der Waals surface area contributed by atoms with E-state index in [0.717, 1.165) is 17.7 Å². The molecule has 0 aliphatic heterocycles. The van der Waals surface area contributed by atoms with Crippen LogP contribution in [0.2, 0.25) is 10.0 Å². The number of nitrogens with zero attached hydrogens (tertiary/aromatic N) is 3. The molecular weight excluding hydrogens is 366 g/mol. The Morgan fingerprint density at radius 3 is 2.33 bits per heavy atom. The fourth-order valence-electron chi connectivity index (χ4n) is 1.96. The van der Waals surface area contributed by atoms with Crippen molar-refractivity contribution >= 4 is 29.3 Å². The van der Waals surface area contributed by atoms with Crippen molar-refractivity contribution in [1.82, 2.24) is 9.78 Å². The highest BCUT2D eigenvalue weighted by Gasteiger charge is 2.31. The minimum Gasteiger partial charge on any atom is -0.406 e. The van der Waals surface area contributed by atoms with Crippen molar-refractivity contribution < 1.29 is 17.9 Å². The van der Waals surface area contributed by atoms with Gasteiger partial charge in [0.1, 0.15) is 17.5 Å². The van der Waals surface area contributed by atoms with Crippen LogP contribution in [0, 0.1) is 11.3 Å². The number of rotatable bonds is 3. The molecule has 2 aromatic rings.